The number of hydrogen-bond donors (Lipinski definition) is 2. The number of sulfonamides is 1. The molecule has 1 aliphatic rings. The van der Waals surface area contributed by atoms with Crippen molar-refractivity contribution >= 4 is 49.7 Å². The van der Waals surface area contributed by atoms with E-state index in [1.165, 1.54) is 35.7 Å². The van der Waals surface area contributed by atoms with E-state index in [1.807, 2.05) is 0 Å². The van der Waals surface area contributed by atoms with Crippen molar-refractivity contribution in [3.05, 3.63) is 70.4 Å². The van der Waals surface area contributed by atoms with Crippen molar-refractivity contribution in [2.75, 3.05) is 22.7 Å². The number of carbonyl (C=O) groups excluding carboxylic acids is 1. The van der Waals surface area contributed by atoms with Crippen LogP contribution in [0, 0.1) is 5.82 Å². The van der Waals surface area contributed by atoms with Crippen LogP contribution >= 0.6 is 22.9 Å². The number of carbonyl (C=O) groups is 1. The van der Waals surface area contributed by atoms with Gasteiger partial charge in [0.15, 0.2) is 5.13 Å². The maximum absolute atomic E-state index is 13.9. The average molecular weight is 497 g/mol. The number of benzene rings is 2. The molecule has 0 saturated carbocycles. The van der Waals surface area contributed by atoms with E-state index in [9.17, 15) is 17.6 Å². The van der Waals surface area contributed by atoms with Gasteiger partial charge in [-0.05, 0) is 49.2 Å². The first kappa shape index (κ1) is 22.7. The number of nitrogens with zero attached hydrogens (tertiary/aromatic N) is 2. The highest BCUT2D eigenvalue weighted by Gasteiger charge is 2.32. The van der Waals surface area contributed by atoms with Crippen LogP contribution in [0.25, 0.3) is 0 Å². The number of aromatic nitrogens is 1. The van der Waals surface area contributed by atoms with Gasteiger partial charge in [-0.15, -0.1) is 11.3 Å². The number of rotatable bonds is 8. The third-order valence-corrected chi connectivity index (χ3v) is 7.67. The lowest BCUT2D eigenvalue weighted by Crippen LogP contribution is -2.39. The SMILES string of the molecule is O=C1C(NCCc2c(F)cccc2Cl)CCN1c1ccc(S(=O)(=O)Nc2nccs2)cc1.[HH]. The lowest BCUT2D eigenvalue weighted by Gasteiger charge is -2.18. The highest BCUT2D eigenvalue weighted by Crippen LogP contribution is 2.25. The third kappa shape index (κ3) is 4.93. The van der Waals surface area contributed by atoms with Gasteiger partial charge in [0.05, 0.1) is 10.9 Å². The molecule has 1 atom stereocenters. The van der Waals surface area contributed by atoms with E-state index in [0.29, 0.717) is 42.2 Å². The molecule has 32 heavy (non-hydrogen) atoms. The number of nitrogens with one attached hydrogen (secondary N) is 2. The maximum Gasteiger partial charge on any atom is 0.263 e. The predicted octanol–water partition coefficient (Wildman–Crippen LogP) is 3.92. The zero-order valence-corrected chi connectivity index (χ0v) is 19.2. The molecule has 2 N–H and O–H groups in total. The minimum atomic E-state index is -3.75. The Morgan fingerprint density at radius 1 is 1.25 bits per heavy atom. The Bertz CT molecular complexity index is 1190. The first-order chi connectivity index (χ1) is 15.3. The van der Waals surface area contributed by atoms with Gasteiger partial charge < -0.3 is 10.2 Å². The fourth-order valence-corrected chi connectivity index (χ4v) is 5.57. The molecule has 7 nitrogen and oxygen atoms in total. The van der Waals surface area contributed by atoms with Crippen molar-refractivity contribution < 1.29 is 19.0 Å². The Hall–Kier alpha value is -2.53. The Morgan fingerprint density at radius 3 is 2.72 bits per heavy atom. The Balaban J connectivity index is 0.00000306. The predicted molar refractivity (Wildman–Crippen MR) is 125 cm³/mol. The van der Waals surface area contributed by atoms with Gasteiger partial charge in [0.25, 0.3) is 10.0 Å². The van der Waals surface area contributed by atoms with Gasteiger partial charge in [-0.1, -0.05) is 17.7 Å². The van der Waals surface area contributed by atoms with Gasteiger partial charge in [-0.3, -0.25) is 9.52 Å². The van der Waals surface area contributed by atoms with Crippen molar-refractivity contribution in [1.29, 1.82) is 0 Å². The van der Waals surface area contributed by atoms with E-state index in [-0.39, 0.29) is 23.2 Å². The van der Waals surface area contributed by atoms with Crippen LogP contribution in [0.1, 0.15) is 13.4 Å². The van der Waals surface area contributed by atoms with Crippen molar-refractivity contribution in [3.63, 3.8) is 0 Å². The first-order valence-corrected chi connectivity index (χ1v) is 12.6. The van der Waals surface area contributed by atoms with Gasteiger partial charge in [-0.2, -0.15) is 0 Å². The van der Waals surface area contributed by atoms with E-state index >= 15 is 0 Å². The monoisotopic (exact) mass is 496 g/mol. The average Bonchev–Trinajstić information content (AvgIpc) is 3.40. The lowest BCUT2D eigenvalue weighted by molar-refractivity contribution is -0.118. The third-order valence-electron chi connectivity index (χ3n) is 5.15. The first-order valence-electron chi connectivity index (χ1n) is 9.85. The van der Waals surface area contributed by atoms with Crippen molar-refractivity contribution in [3.8, 4) is 0 Å². The molecule has 170 valence electrons. The van der Waals surface area contributed by atoms with Crippen LogP contribution in [0.2, 0.25) is 5.02 Å². The van der Waals surface area contributed by atoms with Crippen molar-refractivity contribution in [2.24, 2.45) is 0 Å². The van der Waals surface area contributed by atoms with Crippen molar-refractivity contribution in [2.45, 2.75) is 23.8 Å². The quantitative estimate of drug-likeness (QED) is 0.493. The van der Waals surface area contributed by atoms with Crippen molar-refractivity contribution in [1.82, 2.24) is 10.3 Å². The molecule has 1 aliphatic heterocycles. The van der Waals surface area contributed by atoms with Crippen LogP contribution < -0.4 is 14.9 Å². The van der Waals surface area contributed by atoms with Crippen LogP contribution in [-0.4, -0.2) is 38.4 Å². The molecule has 0 spiro atoms. The van der Waals surface area contributed by atoms with E-state index in [0.717, 1.165) is 0 Å². The Morgan fingerprint density at radius 2 is 2.03 bits per heavy atom. The molecule has 1 unspecified atom stereocenters. The Kier molecular flexibility index (Phi) is 6.75. The molecule has 0 radical (unpaired) electrons. The summed E-state index contributed by atoms with van der Waals surface area (Å²) in [7, 11) is -3.75. The lowest BCUT2D eigenvalue weighted by atomic mass is 10.1. The molecule has 0 bridgehead atoms. The summed E-state index contributed by atoms with van der Waals surface area (Å²) in [5, 5.41) is 5.49. The largest absolute Gasteiger partial charge is 0.311 e. The van der Waals surface area contributed by atoms with Crippen LogP contribution in [0.4, 0.5) is 15.2 Å². The summed E-state index contributed by atoms with van der Waals surface area (Å²) in [5.74, 6) is -0.473. The molecule has 1 aromatic heterocycles. The highest BCUT2D eigenvalue weighted by molar-refractivity contribution is 7.93. The molecule has 3 aromatic rings. The standard InChI is InChI=1S/C21H20ClFN4O3S2.H2/c22-17-2-1-3-18(23)16(17)8-10-24-19-9-12-27(20(19)28)14-4-6-15(7-5-14)32(29,30)26-21-25-11-13-31-21;/h1-7,11,13,19,24H,8-10,12H2,(H,25,26);1H. The van der Waals surface area contributed by atoms with Crippen LogP contribution in [0.5, 0.6) is 0 Å². The van der Waals surface area contributed by atoms with E-state index in [4.69, 9.17) is 11.6 Å². The minimum Gasteiger partial charge on any atom is -0.311 e. The molecular formula is C21H22ClFN4O3S2. The second kappa shape index (κ2) is 9.53. The summed E-state index contributed by atoms with van der Waals surface area (Å²) in [5.41, 5.74) is 1.04. The van der Waals surface area contributed by atoms with E-state index in [1.54, 1.807) is 34.5 Å². The topological polar surface area (TPSA) is 91.4 Å². The molecule has 0 aliphatic carbocycles. The summed E-state index contributed by atoms with van der Waals surface area (Å²) in [6.07, 6.45) is 2.48. The summed E-state index contributed by atoms with van der Waals surface area (Å²) in [6.45, 7) is 0.908. The Labute approximate surface area is 195 Å². The molecule has 2 aromatic carbocycles. The highest BCUT2D eigenvalue weighted by atomic mass is 35.5. The summed E-state index contributed by atoms with van der Waals surface area (Å²) < 4.78 is 41.2. The molecule has 1 fully saturated rings. The fraction of sp³-hybridized carbons (Fsp3) is 0.238. The van der Waals surface area contributed by atoms with Gasteiger partial charge in [0.2, 0.25) is 5.91 Å². The molecule has 1 amide bonds. The van der Waals surface area contributed by atoms with E-state index in [2.05, 4.69) is 15.0 Å². The summed E-state index contributed by atoms with van der Waals surface area (Å²) in [4.78, 5) is 18.4. The number of thiazole rings is 1. The molecule has 4 rings (SSSR count). The van der Waals surface area contributed by atoms with Crippen LogP contribution in [0.15, 0.2) is 58.9 Å². The number of anilines is 2. The molecule has 11 heteroatoms. The van der Waals surface area contributed by atoms with Gasteiger partial charge in [-0.25, -0.2) is 17.8 Å². The van der Waals surface area contributed by atoms with Crippen LogP contribution in [-0.2, 0) is 21.2 Å². The normalized spacial score (nSPS) is 16.5. The fourth-order valence-electron chi connectivity index (χ4n) is 3.52. The van der Waals surface area contributed by atoms with E-state index < -0.39 is 16.1 Å². The van der Waals surface area contributed by atoms with Crippen LogP contribution in [0.3, 0.4) is 0 Å². The van der Waals surface area contributed by atoms with Gasteiger partial charge in [0, 0.05) is 42.4 Å². The number of halogens is 2. The smallest absolute Gasteiger partial charge is 0.263 e. The summed E-state index contributed by atoms with van der Waals surface area (Å²) >= 11 is 7.23. The molecule has 1 saturated heterocycles. The second-order valence-electron chi connectivity index (χ2n) is 7.17. The number of hydrogen-bond acceptors (Lipinski definition) is 6. The maximum atomic E-state index is 13.9. The van der Waals surface area contributed by atoms with Gasteiger partial charge >= 0.3 is 0 Å². The zero-order valence-electron chi connectivity index (χ0n) is 16.8. The molecule has 2 heterocycles. The summed E-state index contributed by atoms with van der Waals surface area (Å²) in [6, 6.07) is 10.3. The second-order valence-corrected chi connectivity index (χ2v) is 10.2. The zero-order chi connectivity index (χ0) is 22.7. The minimum absolute atomic E-state index is 0. The molecular weight excluding hydrogens is 475 g/mol. The van der Waals surface area contributed by atoms with Gasteiger partial charge in [0.1, 0.15) is 5.82 Å². The number of amides is 1.